The van der Waals surface area contributed by atoms with E-state index in [1.807, 2.05) is 13.8 Å². The van der Waals surface area contributed by atoms with E-state index in [0.29, 0.717) is 0 Å². The predicted octanol–water partition coefficient (Wildman–Crippen LogP) is 2.34. The number of ether oxygens (including phenoxy) is 1. The standard InChI is InChI=1S/C7H14O/c1-4-6-7(3)8-5-2/h6H,4-5H2,1-3H3/b7-6+. The molecule has 0 radical (unpaired) electrons. The van der Waals surface area contributed by atoms with Crippen LogP contribution in [0, 0.1) is 0 Å². The Labute approximate surface area is 51.4 Å². The van der Waals surface area contributed by atoms with Gasteiger partial charge in [0.2, 0.25) is 0 Å². The lowest BCUT2D eigenvalue weighted by Gasteiger charge is -1.99. The third-order valence-corrected chi connectivity index (χ3v) is 0.864. The van der Waals surface area contributed by atoms with Gasteiger partial charge in [-0.3, -0.25) is 0 Å². The highest BCUT2D eigenvalue weighted by atomic mass is 16.5. The smallest absolute Gasteiger partial charge is 0.0888 e. The van der Waals surface area contributed by atoms with Crippen molar-refractivity contribution in [1.29, 1.82) is 0 Å². The molecule has 0 rings (SSSR count). The molecule has 0 N–H and O–H groups in total. The number of hydrogen-bond acceptors (Lipinski definition) is 1. The first-order chi connectivity index (χ1) is 3.81. The lowest BCUT2D eigenvalue weighted by Crippen LogP contribution is -1.84. The van der Waals surface area contributed by atoms with Gasteiger partial charge in [-0.15, -0.1) is 0 Å². The number of rotatable bonds is 3. The quantitative estimate of drug-likeness (QED) is 0.512. The Hall–Kier alpha value is -0.460. The summed E-state index contributed by atoms with van der Waals surface area (Å²) in [6, 6.07) is 0. The van der Waals surface area contributed by atoms with Crippen molar-refractivity contribution in [2.24, 2.45) is 0 Å². The molecule has 0 aliphatic heterocycles. The zero-order valence-corrected chi connectivity index (χ0v) is 5.90. The van der Waals surface area contributed by atoms with Gasteiger partial charge in [0.15, 0.2) is 0 Å². The zero-order valence-electron chi connectivity index (χ0n) is 5.90. The lowest BCUT2D eigenvalue weighted by molar-refractivity contribution is 0.230. The van der Waals surface area contributed by atoms with Gasteiger partial charge in [-0.25, -0.2) is 0 Å². The summed E-state index contributed by atoms with van der Waals surface area (Å²) in [5.41, 5.74) is 0. The summed E-state index contributed by atoms with van der Waals surface area (Å²) in [7, 11) is 0. The largest absolute Gasteiger partial charge is 0.499 e. The van der Waals surface area contributed by atoms with Crippen LogP contribution in [-0.4, -0.2) is 6.61 Å². The molecule has 0 aromatic heterocycles. The lowest BCUT2D eigenvalue weighted by atomic mass is 10.4. The van der Waals surface area contributed by atoms with E-state index in [9.17, 15) is 0 Å². The molecular formula is C7H14O. The zero-order chi connectivity index (χ0) is 6.41. The molecule has 8 heavy (non-hydrogen) atoms. The van der Waals surface area contributed by atoms with Crippen LogP contribution in [0.2, 0.25) is 0 Å². The molecule has 0 amide bonds. The van der Waals surface area contributed by atoms with Crippen LogP contribution in [0.1, 0.15) is 27.2 Å². The van der Waals surface area contributed by atoms with Gasteiger partial charge in [-0.2, -0.15) is 0 Å². The van der Waals surface area contributed by atoms with E-state index in [1.165, 1.54) is 0 Å². The van der Waals surface area contributed by atoms with Crippen LogP contribution < -0.4 is 0 Å². The van der Waals surface area contributed by atoms with Crippen LogP contribution in [0.5, 0.6) is 0 Å². The van der Waals surface area contributed by atoms with Crippen LogP contribution in [-0.2, 0) is 4.74 Å². The maximum absolute atomic E-state index is 5.14. The molecule has 1 heteroatoms. The van der Waals surface area contributed by atoms with Crippen molar-refractivity contribution in [1.82, 2.24) is 0 Å². The molecule has 0 aliphatic carbocycles. The number of hydrogen-bond donors (Lipinski definition) is 0. The van der Waals surface area contributed by atoms with Crippen LogP contribution in [0.4, 0.5) is 0 Å². The van der Waals surface area contributed by atoms with Crippen molar-refractivity contribution in [3.05, 3.63) is 11.8 Å². The van der Waals surface area contributed by atoms with E-state index < -0.39 is 0 Å². The second-order valence-electron chi connectivity index (χ2n) is 1.66. The van der Waals surface area contributed by atoms with Crippen molar-refractivity contribution in [2.75, 3.05) is 6.61 Å². The maximum Gasteiger partial charge on any atom is 0.0888 e. The van der Waals surface area contributed by atoms with Crippen molar-refractivity contribution in [3.8, 4) is 0 Å². The molecule has 48 valence electrons. The summed E-state index contributed by atoms with van der Waals surface area (Å²) in [6.45, 7) is 6.85. The molecule has 0 unspecified atom stereocenters. The minimum absolute atomic E-state index is 0.780. The van der Waals surface area contributed by atoms with Crippen molar-refractivity contribution >= 4 is 0 Å². The summed E-state index contributed by atoms with van der Waals surface area (Å²) in [6.07, 6.45) is 3.13. The summed E-state index contributed by atoms with van der Waals surface area (Å²) >= 11 is 0. The van der Waals surface area contributed by atoms with Crippen molar-refractivity contribution in [3.63, 3.8) is 0 Å². The van der Waals surface area contributed by atoms with Crippen LogP contribution in [0.3, 0.4) is 0 Å². The van der Waals surface area contributed by atoms with Gasteiger partial charge in [-0.05, 0) is 26.3 Å². The fourth-order valence-electron chi connectivity index (χ4n) is 0.574. The van der Waals surface area contributed by atoms with Gasteiger partial charge < -0.3 is 4.74 Å². The Morgan fingerprint density at radius 3 is 2.50 bits per heavy atom. The van der Waals surface area contributed by atoms with Gasteiger partial charge in [0.05, 0.1) is 12.4 Å². The first-order valence-corrected chi connectivity index (χ1v) is 3.10. The molecule has 0 saturated heterocycles. The molecule has 0 spiro atoms. The highest BCUT2D eigenvalue weighted by Gasteiger charge is 1.80. The average Bonchev–Trinajstić information content (AvgIpc) is 1.68. The minimum atomic E-state index is 0.780. The summed E-state index contributed by atoms with van der Waals surface area (Å²) in [5, 5.41) is 0. The molecule has 0 aromatic carbocycles. The van der Waals surface area contributed by atoms with Gasteiger partial charge in [0.1, 0.15) is 0 Å². The first kappa shape index (κ1) is 7.54. The van der Waals surface area contributed by atoms with Crippen molar-refractivity contribution in [2.45, 2.75) is 27.2 Å². The normalized spacial score (nSPS) is 11.6. The highest BCUT2D eigenvalue weighted by Crippen LogP contribution is 1.95. The second kappa shape index (κ2) is 4.69. The molecule has 0 atom stereocenters. The second-order valence-corrected chi connectivity index (χ2v) is 1.66. The third-order valence-electron chi connectivity index (χ3n) is 0.864. The van der Waals surface area contributed by atoms with Gasteiger partial charge in [-0.1, -0.05) is 6.92 Å². The molecule has 0 heterocycles. The first-order valence-electron chi connectivity index (χ1n) is 3.10. The SMILES string of the molecule is CC/C=C(\C)OCC. The Kier molecular flexibility index (Phi) is 4.42. The molecule has 0 aromatic rings. The Morgan fingerprint density at radius 1 is 1.50 bits per heavy atom. The van der Waals surface area contributed by atoms with Gasteiger partial charge >= 0.3 is 0 Å². The van der Waals surface area contributed by atoms with Crippen LogP contribution in [0.15, 0.2) is 11.8 Å². The third kappa shape index (κ3) is 3.72. The summed E-state index contributed by atoms with van der Waals surface area (Å²) < 4.78 is 5.14. The Balaban J connectivity index is 3.29. The molecule has 0 saturated carbocycles. The summed E-state index contributed by atoms with van der Waals surface area (Å²) in [4.78, 5) is 0. The number of allylic oxidation sites excluding steroid dienone is 2. The fraction of sp³-hybridized carbons (Fsp3) is 0.714. The molecule has 1 nitrogen and oxygen atoms in total. The molecule has 0 fully saturated rings. The molecule has 0 bridgehead atoms. The van der Waals surface area contributed by atoms with Crippen LogP contribution in [0.25, 0.3) is 0 Å². The Bertz CT molecular complexity index is 74.5. The van der Waals surface area contributed by atoms with E-state index in [0.717, 1.165) is 18.8 Å². The Morgan fingerprint density at radius 2 is 2.12 bits per heavy atom. The van der Waals surface area contributed by atoms with Gasteiger partial charge in [0.25, 0.3) is 0 Å². The van der Waals surface area contributed by atoms with Crippen LogP contribution >= 0.6 is 0 Å². The minimum Gasteiger partial charge on any atom is -0.499 e. The van der Waals surface area contributed by atoms with E-state index in [2.05, 4.69) is 13.0 Å². The predicted molar refractivity (Wildman–Crippen MR) is 35.7 cm³/mol. The monoisotopic (exact) mass is 114 g/mol. The molecular weight excluding hydrogens is 100 g/mol. The summed E-state index contributed by atoms with van der Waals surface area (Å²) in [5.74, 6) is 1.04. The topological polar surface area (TPSA) is 9.23 Å². The van der Waals surface area contributed by atoms with E-state index in [-0.39, 0.29) is 0 Å². The molecule has 0 aliphatic rings. The van der Waals surface area contributed by atoms with Crippen molar-refractivity contribution < 1.29 is 4.74 Å². The highest BCUT2D eigenvalue weighted by molar-refractivity contribution is 4.86. The van der Waals surface area contributed by atoms with E-state index >= 15 is 0 Å². The fourth-order valence-corrected chi connectivity index (χ4v) is 0.574. The maximum atomic E-state index is 5.14. The van der Waals surface area contributed by atoms with E-state index in [1.54, 1.807) is 0 Å². The van der Waals surface area contributed by atoms with Gasteiger partial charge in [0, 0.05) is 0 Å². The van der Waals surface area contributed by atoms with E-state index in [4.69, 9.17) is 4.74 Å². The average molecular weight is 114 g/mol.